The Kier molecular flexibility index (Phi) is 6.47. The molecule has 0 amide bonds. The molecule has 44 heavy (non-hydrogen) atoms. The standard InChI is InChI=1S/C33H35FN2O8/c1-30-11-9-23(38)13-21(30)5-8-24-25-14-28-33(27(40)18-37,31(25,2)15-26(39)32(24,30)34)44-29(43-28)20-10-12-35(17-20)16-19-3-6-22(7-4-19)36(41)42/h3-4,6-7,9-13,17,24-26,28-29,37,39H,5,8,14-16,18H2,1-2H3/t24-,25-,26-,28+,29+,30-,31-,32-,33+/m0/s1. The molecule has 9 atom stereocenters. The molecule has 1 aromatic heterocycles. The highest BCUT2D eigenvalue weighted by atomic mass is 19.1. The molecule has 2 heterocycles. The number of hydrogen-bond donors (Lipinski definition) is 2. The summed E-state index contributed by atoms with van der Waals surface area (Å²) in [6.45, 7) is 3.26. The van der Waals surface area contributed by atoms with Gasteiger partial charge in [0.2, 0.25) is 0 Å². The van der Waals surface area contributed by atoms with Crippen LogP contribution in [-0.4, -0.2) is 61.4 Å². The van der Waals surface area contributed by atoms with Crippen molar-refractivity contribution in [2.45, 2.75) is 75.8 Å². The molecule has 1 aromatic carbocycles. The maximum absolute atomic E-state index is 17.5. The number of halogens is 1. The Balaban J connectivity index is 1.18. The lowest BCUT2D eigenvalue weighted by Crippen LogP contribution is -2.69. The normalized spacial score (nSPS) is 40.5. The minimum Gasteiger partial charge on any atom is -0.390 e. The first-order chi connectivity index (χ1) is 20.9. The van der Waals surface area contributed by atoms with Gasteiger partial charge in [-0.15, -0.1) is 0 Å². The van der Waals surface area contributed by atoms with Crippen molar-refractivity contribution < 1.29 is 38.6 Å². The van der Waals surface area contributed by atoms with E-state index < -0.39 is 63.8 Å². The molecular formula is C33H35FN2O8. The van der Waals surface area contributed by atoms with Gasteiger partial charge in [-0.25, -0.2) is 4.39 Å². The van der Waals surface area contributed by atoms with Gasteiger partial charge in [0.25, 0.3) is 5.69 Å². The largest absolute Gasteiger partial charge is 0.390 e. The molecule has 0 unspecified atom stereocenters. The number of rotatable bonds is 6. The summed E-state index contributed by atoms with van der Waals surface area (Å²) in [6, 6.07) is 8.08. The Morgan fingerprint density at radius 3 is 2.66 bits per heavy atom. The molecule has 0 radical (unpaired) electrons. The van der Waals surface area contributed by atoms with E-state index in [-0.39, 0.29) is 23.8 Å². The van der Waals surface area contributed by atoms with E-state index in [0.717, 1.165) is 5.56 Å². The van der Waals surface area contributed by atoms with Crippen LogP contribution in [0.5, 0.6) is 0 Å². The van der Waals surface area contributed by atoms with E-state index in [1.165, 1.54) is 24.3 Å². The number of fused-ring (bicyclic) bond motifs is 7. The van der Waals surface area contributed by atoms with Gasteiger partial charge in [0.15, 0.2) is 29.1 Å². The van der Waals surface area contributed by atoms with Crippen LogP contribution < -0.4 is 0 Å². The number of benzene rings is 1. The van der Waals surface area contributed by atoms with Crippen LogP contribution in [0.3, 0.4) is 0 Å². The second-order valence-electron chi connectivity index (χ2n) is 13.4. The molecule has 1 saturated heterocycles. The minimum atomic E-state index is -2.06. The second kappa shape index (κ2) is 9.74. The Labute approximate surface area is 253 Å². The lowest BCUT2D eigenvalue weighted by molar-refractivity contribution is -0.384. The predicted octanol–water partition coefficient (Wildman–Crippen LogP) is 4.14. The van der Waals surface area contributed by atoms with Gasteiger partial charge < -0.3 is 24.3 Å². The first kappa shape index (κ1) is 29.2. The molecule has 10 nitrogen and oxygen atoms in total. The number of hydrogen-bond acceptors (Lipinski definition) is 8. The number of ether oxygens (including phenoxy) is 2. The van der Waals surface area contributed by atoms with Crippen LogP contribution in [0.15, 0.2) is 66.5 Å². The van der Waals surface area contributed by atoms with E-state index in [4.69, 9.17) is 9.47 Å². The fourth-order valence-corrected chi connectivity index (χ4v) is 9.35. The van der Waals surface area contributed by atoms with Crippen LogP contribution in [0.2, 0.25) is 0 Å². The van der Waals surface area contributed by atoms with Crippen LogP contribution in [0, 0.1) is 32.8 Å². The molecule has 11 heteroatoms. The lowest BCUT2D eigenvalue weighted by Gasteiger charge is -2.62. The number of nitro benzene ring substituents is 1. The molecule has 5 aliphatic rings. The molecule has 0 bridgehead atoms. The maximum Gasteiger partial charge on any atom is 0.269 e. The Hall–Kier alpha value is -3.51. The highest BCUT2D eigenvalue weighted by molar-refractivity contribution is 6.01. The molecule has 2 N–H and O–H groups in total. The quantitative estimate of drug-likeness (QED) is 0.369. The number of ketones is 2. The van der Waals surface area contributed by atoms with Gasteiger partial charge in [0, 0.05) is 53.4 Å². The average molecular weight is 607 g/mol. The zero-order chi connectivity index (χ0) is 31.2. The van der Waals surface area contributed by atoms with Crippen molar-refractivity contribution in [1.29, 1.82) is 0 Å². The third-order valence-corrected chi connectivity index (χ3v) is 11.5. The molecule has 1 aliphatic heterocycles. The average Bonchev–Trinajstić information content (AvgIpc) is 3.67. The predicted molar refractivity (Wildman–Crippen MR) is 154 cm³/mol. The van der Waals surface area contributed by atoms with Crippen LogP contribution in [0.4, 0.5) is 10.1 Å². The first-order valence-electron chi connectivity index (χ1n) is 15.0. The molecule has 4 aliphatic carbocycles. The van der Waals surface area contributed by atoms with E-state index in [1.807, 2.05) is 30.0 Å². The number of carbonyl (C=O) groups is 2. The van der Waals surface area contributed by atoms with Gasteiger partial charge in [-0.2, -0.15) is 0 Å². The highest BCUT2D eigenvalue weighted by Gasteiger charge is 2.79. The lowest BCUT2D eigenvalue weighted by atomic mass is 9.44. The third-order valence-electron chi connectivity index (χ3n) is 11.5. The summed E-state index contributed by atoms with van der Waals surface area (Å²) in [6.07, 6.45) is 6.11. The number of nitro groups is 1. The van der Waals surface area contributed by atoms with E-state index in [0.29, 0.717) is 36.9 Å². The number of aliphatic hydroxyl groups excluding tert-OH is 2. The van der Waals surface area contributed by atoms with Gasteiger partial charge in [-0.05, 0) is 62.3 Å². The highest BCUT2D eigenvalue weighted by Crippen LogP contribution is 2.72. The van der Waals surface area contributed by atoms with Crippen LogP contribution >= 0.6 is 0 Å². The molecular weight excluding hydrogens is 571 g/mol. The SMILES string of the molecule is C[C@]12C=CC(=O)C=C1CC[C@H]1[C@@H]3C[C@H]4O[C@@H](c5ccn(Cc6ccc([N+](=O)[O-])cc6)c5)O[C@@]4(C(=O)CO)[C@@]3(C)C[C@H](O)[C@@]12F. The fraction of sp³-hybridized carbons (Fsp3) is 0.515. The van der Waals surface area contributed by atoms with Gasteiger partial charge in [-0.3, -0.25) is 19.7 Å². The van der Waals surface area contributed by atoms with Crippen molar-refractivity contribution in [2.24, 2.45) is 22.7 Å². The number of allylic oxidation sites excluding steroid dienone is 4. The van der Waals surface area contributed by atoms with Gasteiger partial charge in [0.1, 0.15) is 6.61 Å². The van der Waals surface area contributed by atoms with Crippen LogP contribution in [0.25, 0.3) is 0 Å². The fourth-order valence-electron chi connectivity index (χ4n) is 9.35. The van der Waals surface area contributed by atoms with Gasteiger partial charge >= 0.3 is 0 Å². The van der Waals surface area contributed by atoms with Gasteiger partial charge in [-0.1, -0.05) is 30.7 Å². The number of aliphatic hydroxyl groups is 2. The summed E-state index contributed by atoms with van der Waals surface area (Å²) in [4.78, 5) is 36.4. The zero-order valence-corrected chi connectivity index (χ0v) is 24.5. The number of non-ortho nitro benzene ring substituents is 1. The number of nitrogens with zero attached hydrogens (tertiary/aromatic N) is 2. The minimum absolute atomic E-state index is 0.00858. The van der Waals surface area contributed by atoms with E-state index in [2.05, 4.69) is 0 Å². The molecule has 2 aromatic rings. The molecule has 4 fully saturated rings. The van der Waals surface area contributed by atoms with Crippen molar-refractivity contribution in [2.75, 3.05) is 6.61 Å². The molecule has 3 saturated carbocycles. The summed E-state index contributed by atoms with van der Waals surface area (Å²) in [5.41, 5.74) is -3.64. The summed E-state index contributed by atoms with van der Waals surface area (Å²) >= 11 is 0. The van der Waals surface area contributed by atoms with Crippen molar-refractivity contribution in [3.63, 3.8) is 0 Å². The van der Waals surface area contributed by atoms with Crippen molar-refractivity contribution in [3.05, 3.63) is 87.8 Å². The monoisotopic (exact) mass is 606 g/mol. The Bertz CT molecular complexity index is 1620. The Morgan fingerprint density at radius 2 is 1.95 bits per heavy atom. The van der Waals surface area contributed by atoms with Gasteiger partial charge in [0.05, 0.1) is 17.1 Å². The first-order valence-corrected chi connectivity index (χ1v) is 15.0. The third kappa shape index (κ3) is 3.73. The number of alkyl halides is 1. The number of carbonyl (C=O) groups excluding carboxylic acids is 2. The second-order valence-corrected chi connectivity index (χ2v) is 13.4. The topological polar surface area (TPSA) is 141 Å². The zero-order valence-electron chi connectivity index (χ0n) is 24.5. The smallest absolute Gasteiger partial charge is 0.269 e. The van der Waals surface area contributed by atoms with Crippen molar-refractivity contribution in [3.8, 4) is 0 Å². The maximum atomic E-state index is 17.5. The van der Waals surface area contributed by atoms with E-state index in [1.54, 1.807) is 25.1 Å². The van der Waals surface area contributed by atoms with Crippen LogP contribution in [0.1, 0.15) is 56.9 Å². The van der Waals surface area contributed by atoms with E-state index >= 15 is 4.39 Å². The number of aromatic nitrogens is 1. The van der Waals surface area contributed by atoms with E-state index in [9.17, 15) is 29.9 Å². The number of Topliss-reactive ketones (excluding diaryl/α,β-unsaturated/α-hetero) is 1. The summed E-state index contributed by atoms with van der Waals surface area (Å²) in [5, 5.41) is 32.8. The van der Waals surface area contributed by atoms with Crippen molar-refractivity contribution in [1.82, 2.24) is 4.57 Å². The molecule has 232 valence electrons. The molecule has 7 rings (SSSR count). The molecule has 0 spiro atoms. The van der Waals surface area contributed by atoms with Crippen LogP contribution in [-0.2, 0) is 25.6 Å². The summed E-state index contributed by atoms with van der Waals surface area (Å²) in [7, 11) is 0. The van der Waals surface area contributed by atoms with Crippen molar-refractivity contribution >= 4 is 17.3 Å². The summed E-state index contributed by atoms with van der Waals surface area (Å²) < 4.78 is 32.4. The summed E-state index contributed by atoms with van der Waals surface area (Å²) in [5.74, 6) is -1.75. The Morgan fingerprint density at radius 1 is 1.20 bits per heavy atom.